The van der Waals surface area contributed by atoms with Gasteiger partial charge in [0.15, 0.2) is 0 Å². The number of hydrogen-bond acceptors (Lipinski definition) is 3. The van der Waals surface area contributed by atoms with Gasteiger partial charge >= 0.3 is 0 Å². The predicted molar refractivity (Wildman–Crippen MR) is 91.9 cm³/mol. The lowest BCUT2D eigenvalue weighted by Gasteiger charge is -2.19. The minimum atomic E-state index is -0.636. The van der Waals surface area contributed by atoms with Gasteiger partial charge in [0.05, 0.1) is 0 Å². The molecule has 114 valence electrons. The summed E-state index contributed by atoms with van der Waals surface area (Å²) < 4.78 is 0. The summed E-state index contributed by atoms with van der Waals surface area (Å²) in [7, 11) is 0. The molecule has 3 heteroatoms. The van der Waals surface area contributed by atoms with E-state index in [-0.39, 0.29) is 0 Å². The van der Waals surface area contributed by atoms with Gasteiger partial charge in [0, 0.05) is 24.0 Å². The third-order valence-corrected chi connectivity index (χ3v) is 4.37. The molecular formula is C20H18N2O. The Hall–Kier alpha value is -2.65. The number of nitrogens with zero attached hydrogens (tertiary/aromatic N) is 2. The normalized spacial score (nSPS) is 14.6. The summed E-state index contributed by atoms with van der Waals surface area (Å²) in [4.78, 5) is 6.80. The van der Waals surface area contributed by atoms with Gasteiger partial charge < -0.3 is 10.0 Å². The number of fused-ring (bicyclic) bond motifs is 1. The summed E-state index contributed by atoms with van der Waals surface area (Å²) >= 11 is 0. The van der Waals surface area contributed by atoms with Gasteiger partial charge in [0.25, 0.3) is 0 Å². The average molecular weight is 302 g/mol. The number of hydrogen-bond donors (Lipinski definition) is 1. The molecule has 1 aliphatic heterocycles. The molecule has 4 rings (SSSR count). The van der Waals surface area contributed by atoms with Crippen LogP contribution in [-0.4, -0.2) is 16.6 Å². The van der Waals surface area contributed by atoms with Crippen LogP contribution in [0.1, 0.15) is 22.8 Å². The first-order valence-electron chi connectivity index (χ1n) is 7.87. The zero-order valence-corrected chi connectivity index (χ0v) is 12.8. The molecule has 1 atom stereocenters. The van der Waals surface area contributed by atoms with E-state index in [2.05, 4.69) is 34.1 Å². The second-order valence-electron chi connectivity index (χ2n) is 5.79. The molecule has 0 radical (unpaired) electrons. The highest BCUT2D eigenvalue weighted by Crippen LogP contribution is 2.33. The predicted octanol–water partition coefficient (Wildman–Crippen LogP) is 3.86. The Balaban J connectivity index is 1.60. The monoisotopic (exact) mass is 302 g/mol. The van der Waals surface area contributed by atoms with Gasteiger partial charge in [-0.2, -0.15) is 0 Å². The van der Waals surface area contributed by atoms with Crippen LogP contribution in [0.25, 0.3) is 0 Å². The molecule has 0 bridgehead atoms. The average Bonchev–Trinajstić information content (AvgIpc) is 3.06. The van der Waals surface area contributed by atoms with Gasteiger partial charge in [0.1, 0.15) is 11.9 Å². The summed E-state index contributed by atoms with van der Waals surface area (Å²) in [5.74, 6) is 0.930. The highest BCUT2D eigenvalue weighted by atomic mass is 16.3. The molecule has 1 N–H and O–H groups in total. The summed E-state index contributed by atoms with van der Waals surface area (Å²) in [6.07, 6.45) is 2.18. The van der Waals surface area contributed by atoms with Gasteiger partial charge in [-0.1, -0.05) is 54.6 Å². The van der Waals surface area contributed by atoms with Crippen molar-refractivity contribution in [3.63, 3.8) is 0 Å². The minimum Gasteiger partial charge on any atom is -0.384 e. The molecule has 0 fully saturated rings. The van der Waals surface area contributed by atoms with E-state index in [1.165, 1.54) is 11.3 Å². The van der Waals surface area contributed by atoms with Crippen molar-refractivity contribution in [2.45, 2.75) is 12.5 Å². The van der Waals surface area contributed by atoms with Crippen molar-refractivity contribution in [1.82, 2.24) is 4.98 Å². The summed E-state index contributed by atoms with van der Waals surface area (Å²) in [5.41, 5.74) is 4.29. The van der Waals surface area contributed by atoms with Gasteiger partial charge in [-0.05, 0) is 29.7 Å². The van der Waals surface area contributed by atoms with Crippen LogP contribution in [0, 0.1) is 0 Å². The highest BCUT2D eigenvalue weighted by Gasteiger charge is 2.21. The Morgan fingerprint density at radius 3 is 2.43 bits per heavy atom. The number of anilines is 2. The molecule has 23 heavy (non-hydrogen) atoms. The second-order valence-corrected chi connectivity index (χ2v) is 5.79. The zero-order valence-electron chi connectivity index (χ0n) is 12.8. The molecule has 0 amide bonds. The molecule has 1 aromatic heterocycles. The van der Waals surface area contributed by atoms with E-state index < -0.39 is 6.10 Å². The minimum absolute atomic E-state index is 0.636. The molecule has 1 aliphatic rings. The van der Waals surface area contributed by atoms with Crippen molar-refractivity contribution >= 4 is 11.5 Å². The molecule has 0 saturated heterocycles. The van der Waals surface area contributed by atoms with Crippen molar-refractivity contribution in [1.29, 1.82) is 0 Å². The van der Waals surface area contributed by atoms with Crippen LogP contribution in [0.15, 0.2) is 72.9 Å². The van der Waals surface area contributed by atoms with Crippen LogP contribution in [-0.2, 0) is 6.42 Å². The smallest absolute Gasteiger partial charge is 0.132 e. The van der Waals surface area contributed by atoms with Crippen LogP contribution < -0.4 is 4.90 Å². The molecule has 0 unspecified atom stereocenters. The number of aliphatic hydroxyl groups is 1. The Morgan fingerprint density at radius 1 is 0.870 bits per heavy atom. The van der Waals surface area contributed by atoms with Crippen molar-refractivity contribution in [2.75, 3.05) is 11.4 Å². The molecule has 2 heterocycles. The maximum absolute atomic E-state index is 10.5. The standard InChI is InChI=1S/C20H18N2O/c23-20(16-7-2-1-3-8-16)17-10-11-19(21-14-17)22-13-12-15-6-4-5-9-18(15)22/h1-11,14,20,23H,12-13H2/t20-/m0/s1. The lowest BCUT2D eigenvalue weighted by molar-refractivity contribution is 0.220. The molecule has 0 spiro atoms. The van der Waals surface area contributed by atoms with Crippen LogP contribution in [0.4, 0.5) is 11.5 Å². The van der Waals surface area contributed by atoms with Crippen LogP contribution in [0.3, 0.4) is 0 Å². The van der Waals surface area contributed by atoms with Crippen LogP contribution >= 0.6 is 0 Å². The van der Waals surface area contributed by atoms with Crippen molar-refractivity contribution in [3.05, 3.63) is 89.6 Å². The lowest BCUT2D eigenvalue weighted by atomic mass is 10.0. The molecule has 2 aromatic carbocycles. The zero-order chi connectivity index (χ0) is 15.6. The van der Waals surface area contributed by atoms with E-state index in [0.29, 0.717) is 0 Å². The summed E-state index contributed by atoms with van der Waals surface area (Å²) in [6, 6.07) is 22.1. The van der Waals surface area contributed by atoms with E-state index in [9.17, 15) is 5.11 Å². The number of aromatic nitrogens is 1. The van der Waals surface area contributed by atoms with Gasteiger partial charge in [0.2, 0.25) is 0 Å². The number of para-hydroxylation sites is 1. The number of benzene rings is 2. The topological polar surface area (TPSA) is 36.4 Å². The fraction of sp³-hybridized carbons (Fsp3) is 0.150. The van der Waals surface area contributed by atoms with Gasteiger partial charge in [-0.3, -0.25) is 0 Å². The first-order valence-corrected chi connectivity index (χ1v) is 7.87. The first kappa shape index (κ1) is 14.0. The van der Waals surface area contributed by atoms with E-state index in [1.54, 1.807) is 6.20 Å². The van der Waals surface area contributed by atoms with Crippen LogP contribution in [0.5, 0.6) is 0 Å². The lowest BCUT2D eigenvalue weighted by Crippen LogP contribution is -2.15. The van der Waals surface area contributed by atoms with E-state index >= 15 is 0 Å². The van der Waals surface area contributed by atoms with Gasteiger partial charge in [-0.25, -0.2) is 4.98 Å². The SMILES string of the molecule is O[C@@H](c1ccccc1)c1ccc(N2CCc3ccccc32)nc1. The fourth-order valence-electron chi connectivity index (χ4n) is 3.12. The molecule has 0 aliphatic carbocycles. The Kier molecular flexibility index (Phi) is 3.56. The highest BCUT2D eigenvalue weighted by molar-refractivity contribution is 5.67. The van der Waals surface area contributed by atoms with E-state index in [0.717, 1.165) is 29.9 Å². The maximum Gasteiger partial charge on any atom is 0.132 e. The summed E-state index contributed by atoms with van der Waals surface area (Å²) in [5, 5.41) is 10.5. The number of pyridine rings is 1. The molecular weight excluding hydrogens is 284 g/mol. The largest absolute Gasteiger partial charge is 0.384 e. The Morgan fingerprint density at radius 2 is 1.65 bits per heavy atom. The summed E-state index contributed by atoms with van der Waals surface area (Å²) in [6.45, 7) is 0.951. The van der Waals surface area contributed by atoms with E-state index in [1.807, 2.05) is 42.5 Å². The van der Waals surface area contributed by atoms with Crippen molar-refractivity contribution in [2.24, 2.45) is 0 Å². The van der Waals surface area contributed by atoms with Crippen LogP contribution in [0.2, 0.25) is 0 Å². The third kappa shape index (κ3) is 2.60. The second kappa shape index (κ2) is 5.86. The van der Waals surface area contributed by atoms with Crippen molar-refractivity contribution in [3.8, 4) is 0 Å². The quantitative estimate of drug-likeness (QED) is 0.798. The first-order chi connectivity index (χ1) is 11.3. The molecule has 3 nitrogen and oxygen atoms in total. The Bertz CT molecular complexity index is 799. The fourth-order valence-corrected chi connectivity index (χ4v) is 3.12. The number of aliphatic hydroxyl groups excluding tert-OH is 1. The maximum atomic E-state index is 10.5. The van der Waals surface area contributed by atoms with Crippen molar-refractivity contribution < 1.29 is 5.11 Å². The Labute approximate surface area is 135 Å². The molecule has 3 aromatic rings. The third-order valence-electron chi connectivity index (χ3n) is 4.37. The van der Waals surface area contributed by atoms with E-state index in [4.69, 9.17) is 0 Å². The molecule has 0 saturated carbocycles. The number of rotatable bonds is 3. The van der Waals surface area contributed by atoms with Gasteiger partial charge in [-0.15, -0.1) is 0 Å².